The van der Waals surface area contributed by atoms with Crippen LogP contribution in [0.1, 0.15) is 33.0 Å². The van der Waals surface area contributed by atoms with E-state index < -0.39 is 11.7 Å². The number of rotatable bonds is 0. The van der Waals surface area contributed by atoms with Crippen molar-refractivity contribution in [3.8, 4) is 0 Å². The second-order valence-electron chi connectivity index (χ2n) is 5.08. The molecule has 0 bridgehead atoms. The summed E-state index contributed by atoms with van der Waals surface area (Å²) in [5.74, 6) is 0.894. The second-order valence-corrected chi connectivity index (χ2v) is 5.08. The Bertz CT molecular complexity index is 434. The van der Waals surface area contributed by atoms with Gasteiger partial charge < -0.3 is 15.0 Å². The summed E-state index contributed by atoms with van der Waals surface area (Å²) in [4.78, 5) is 13.5. The summed E-state index contributed by atoms with van der Waals surface area (Å²) >= 11 is 0. The largest absolute Gasteiger partial charge is 0.443 e. The van der Waals surface area contributed by atoms with Crippen LogP contribution in [-0.4, -0.2) is 23.4 Å². The van der Waals surface area contributed by atoms with Crippen LogP contribution in [0, 0.1) is 0 Å². The van der Waals surface area contributed by atoms with E-state index >= 15 is 0 Å². The molecule has 6 heteroatoms. The van der Waals surface area contributed by atoms with E-state index in [2.05, 4.69) is 5.16 Å². The molecule has 2 N–H and O–H groups in total. The minimum Gasteiger partial charge on any atom is -0.443 e. The number of ether oxygens (including phenoxy) is 1. The van der Waals surface area contributed by atoms with Gasteiger partial charge in [0, 0.05) is 13.0 Å². The maximum atomic E-state index is 12.0. The molecule has 6 nitrogen and oxygen atoms in total. The van der Waals surface area contributed by atoms with Gasteiger partial charge in [-0.2, -0.15) is 0 Å². The fourth-order valence-electron chi connectivity index (χ4n) is 1.80. The van der Waals surface area contributed by atoms with Crippen LogP contribution in [-0.2, 0) is 11.2 Å². The number of nitrogen functional groups attached to an aromatic ring is 1. The van der Waals surface area contributed by atoms with E-state index in [-0.39, 0.29) is 5.82 Å². The van der Waals surface area contributed by atoms with Gasteiger partial charge in [-0.1, -0.05) is 5.16 Å². The standard InChI is InChI=1S/C11H17N3O3/c1-11(2,3)16-10(15)14-6-4-5-7-8(14)9(12)13-17-7/h4-6H2,1-3H3,(H2,12,13). The lowest BCUT2D eigenvalue weighted by molar-refractivity contribution is 0.0577. The zero-order valence-corrected chi connectivity index (χ0v) is 10.3. The van der Waals surface area contributed by atoms with Crippen LogP contribution in [0.25, 0.3) is 0 Å². The molecule has 17 heavy (non-hydrogen) atoms. The molecule has 0 aromatic carbocycles. The lowest BCUT2D eigenvalue weighted by Crippen LogP contribution is -2.39. The van der Waals surface area contributed by atoms with Gasteiger partial charge in [0.15, 0.2) is 11.6 Å². The zero-order chi connectivity index (χ0) is 12.6. The van der Waals surface area contributed by atoms with Crippen molar-refractivity contribution in [3.63, 3.8) is 0 Å². The van der Waals surface area contributed by atoms with Crippen molar-refractivity contribution in [2.24, 2.45) is 0 Å². The van der Waals surface area contributed by atoms with Crippen molar-refractivity contribution in [1.29, 1.82) is 0 Å². The molecule has 1 aromatic rings. The number of hydrogen-bond acceptors (Lipinski definition) is 5. The summed E-state index contributed by atoms with van der Waals surface area (Å²) in [6, 6.07) is 0. The molecule has 0 spiro atoms. The van der Waals surface area contributed by atoms with Crippen LogP contribution in [0.15, 0.2) is 4.52 Å². The quantitative estimate of drug-likeness (QED) is 0.748. The third kappa shape index (κ3) is 2.35. The summed E-state index contributed by atoms with van der Waals surface area (Å²) in [6.07, 6.45) is 1.16. The maximum Gasteiger partial charge on any atom is 0.415 e. The van der Waals surface area contributed by atoms with E-state index in [1.54, 1.807) is 0 Å². The molecule has 1 aliphatic heterocycles. The molecular weight excluding hydrogens is 222 g/mol. The van der Waals surface area contributed by atoms with Crippen molar-refractivity contribution >= 4 is 17.6 Å². The Morgan fingerprint density at radius 3 is 2.88 bits per heavy atom. The summed E-state index contributed by atoms with van der Waals surface area (Å²) in [6.45, 7) is 6.06. The van der Waals surface area contributed by atoms with Crippen LogP contribution in [0.5, 0.6) is 0 Å². The summed E-state index contributed by atoms with van der Waals surface area (Å²) in [7, 11) is 0. The number of nitrogens with zero attached hydrogens (tertiary/aromatic N) is 2. The van der Waals surface area contributed by atoms with E-state index in [9.17, 15) is 4.79 Å². The van der Waals surface area contributed by atoms with Gasteiger partial charge in [0.25, 0.3) is 0 Å². The second kappa shape index (κ2) is 3.94. The first kappa shape index (κ1) is 11.8. The normalized spacial score (nSPS) is 15.6. The highest BCUT2D eigenvalue weighted by Gasteiger charge is 2.31. The molecule has 1 aromatic heterocycles. The molecule has 2 rings (SSSR count). The average Bonchev–Trinajstić information content (AvgIpc) is 2.58. The van der Waals surface area contributed by atoms with Crippen molar-refractivity contribution in [3.05, 3.63) is 5.76 Å². The fourth-order valence-corrected chi connectivity index (χ4v) is 1.80. The average molecular weight is 239 g/mol. The molecule has 0 aliphatic carbocycles. The van der Waals surface area contributed by atoms with Crippen molar-refractivity contribution < 1.29 is 14.1 Å². The van der Waals surface area contributed by atoms with Crippen LogP contribution in [0.2, 0.25) is 0 Å². The lowest BCUT2D eigenvalue weighted by atomic mass is 10.1. The third-order valence-electron chi connectivity index (χ3n) is 2.43. The van der Waals surface area contributed by atoms with Crippen LogP contribution in [0.4, 0.5) is 16.3 Å². The van der Waals surface area contributed by atoms with E-state index in [1.807, 2.05) is 20.8 Å². The van der Waals surface area contributed by atoms with Crippen molar-refractivity contribution in [2.75, 3.05) is 17.2 Å². The Morgan fingerprint density at radius 1 is 1.53 bits per heavy atom. The van der Waals surface area contributed by atoms with Crippen molar-refractivity contribution in [2.45, 2.75) is 39.2 Å². The Hall–Kier alpha value is -1.72. The number of amides is 1. The predicted molar refractivity (Wildman–Crippen MR) is 62.8 cm³/mol. The number of anilines is 2. The number of nitrogens with two attached hydrogens (primary N) is 1. The Kier molecular flexibility index (Phi) is 2.73. The molecule has 0 atom stereocenters. The number of fused-ring (bicyclic) bond motifs is 1. The van der Waals surface area contributed by atoms with Crippen LogP contribution >= 0.6 is 0 Å². The van der Waals surface area contributed by atoms with Crippen LogP contribution < -0.4 is 10.6 Å². The van der Waals surface area contributed by atoms with E-state index in [0.29, 0.717) is 18.0 Å². The molecule has 1 aliphatic rings. The zero-order valence-electron chi connectivity index (χ0n) is 10.3. The van der Waals surface area contributed by atoms with Gasteiger partial charge in [0.1, 0.15) is 11.3 Å². The SMILES string of the molecule is CC(C)(C)OC(=O)N1CCCc2onc(N)c21. The van der Waals surface area contributed by atoms with Gasteiger partial charge in [0.2, 0.25) is 0 Å². The van der Waals surface area contributed by atoms with Gasteiger partial charge in [0.05, 0.1) is 0 Å². The first-order valence-corrected chi connectivity index (χ1v) is 5.63. The highest BCUT2D eigenvalue weighted by Crippen LogP contribution is 2.33. The summed E-state index contributed by atoms with van der Waals surface area (Å²) < 4.78 is 10.4. The lowest BCUT2D eigenvalue weighted by Gasteiger charge is -2.29. The number of carbonyl (C=O) groups excluding carboxylic acids is 1. The molecule has 94 valence electrons. The number of carbonyl (C=O) groups is 1. The fraction of sp³-hybridized carbons (Fsp3) is 0.636. The van der Waals surface area contributed by atoms with E-state index in [0.717, 1.165) is 12.8 Å². The minimum absolute atomic E-state index is 0.241. The van der Waals surface area contributed by atoms with Gasteiger partial charge in [-0.3, -0.25) is 4.90 Å². The molecule has 0 radical (unpaired) electrons. The first-order valence-electron chi connectivity index (χ1n) is 5.63. The number of hydrogen-bond donors (Lipinski definition) is 1. The highest BCUT2D eigenvalue weighted by molar-refractivity contribution is 5.92. The monoisotopic (exact) mass is 239 g/mol. The van der Waals surface area contributed by atoms with Crippen LogP contribution in [0.3, 0.4) is 0 Å². The summed E-state index contributed by atoms with van der Waals surface area (Å²) in [5, 5.41) is 3.68. The summed E-state index contributed by atoms with van der Waals surface area (Å²) in [5.41, 5.74) is 5.73. The Balaban J connectivity index is 2.24. The Morgan fingerprint density at radius 2 is 2.24 bits per heavy atom. The molecule has 0 saturated carbocycles. The third-order valence-corrected chi connectivity index (χ3v) is 2.43. The highest BCUT2D eigenvalue weighted by atomic mass is 16.6. The van der Waals surface area contributed by atoms with Gasteiger partial charge in [-0.15, -0.1) is 0 Å². The smallest absolute Gasteiger partial charge is 0.415 e. The molecule has 0 unspecified atom stereocenters. The predicted octanol–water partition coefficient (Wildman–Crippen LogP) is 1.94. The molecule has 0 saturated heterocycles. The molecule has 0 fully saturated rings. The molecule has 2 heterocycles. The van der Waals surface area contributed by atoms with Gasteiger partial charge in [-0.05, 0) is 27.2 Å². The minimum atomic E-state index is -0.527. The van der Waals surface area contributed by atoms with Gasteiger partial charge in [-0.25, -0.2) is 4.79 Å². The maximum absolute atomic E-state index is 12.0. The van der Waals surface area contributed by atoms with E-state index in [4.69, 9.17) is 15.0 Å². The van der Waals surface area contributed by atoms with Crippen molar-refractivity contribution in [1.82, 2.24) is 5.16 Å². The Labute approximate surface area is 99.7 Å². The number of aryl methyl sites for hydroxylation is 1. The van der Waals surface area contributed by atoms with Gasteiger partial charge >= 0.3 is 6.09 Å². The first-order chi connectivity index (χ1) is 7.88. The molecule has 1 amide bonds. The topological polar surface area (TPSA) is 81.6 Å². The van der Waals surface area contributed by atoms with E-state index in [1.165, 1.54) is 4.90 Å². The molecular formula is C11H17N3O3. The number of aromatic nitrogens is 1.